The Morgan fingerprint density at radius 2 is 1.75 bits per heavy atom. The molecule has 3 aromatic heterocycles. The Balaban J connectivity index is 0.769. The SMILES string of the molecule is C=C1CCC(c2nn(C3CC3)c3cc(C4CCN(CC5CCN(c6ncc(Cl)c(Nc7cc8c9c(c(=O)n(C)c8cc7F)CCC(F)(F)CN9)n6)CC5)CC4)ccc23)C(=C)N1. The maximum atomic E-state index is 15.6. The molecule has 1 unspecified atom stereocenters. The molecule has 4 aliphatic heterocycles. The van der Waals surface area contributed by atoms with Crippen LogP contribution in [0, 0.1) is 11.7 Å². The van der Waals surface area contributed by atoms with Gasteiger partial charge in [-0.05, 0) is 100 Å². The molecule has 0 spiro atoms. The Morgan fingerprint density at radius 1 is 0.967 bits per heavy atom. The number of piperidine rings is 3. The molecule has 3 saturated heterocycles. The van der Waals surface area contributed by atoms with E-state index >= 15 is 4.39 Å². The first-order valence-electron chi connectivity index (χ1n) is 21.8. The lowest BCUT2D eigenvalue weighted by molar-refractivity contribution is 0.00837. The molecule has 5 aromatic rings. The number of alkyl halides is 2. The maximum Gasteiger partial charge on any atom is 0.265 e. The predicted octanol–water partition coefficient (Wildman–Crippen LogP) is 9.13. The number of benzene rings is 2. The summed E-state index contributed by atoms with van der Waals surface area (Å²) in [6.45, 7) is 12.6. The van der Waals surface area contributed by atoms with Gasteiger partial charge in [-0.15, -0.1) is 0 Å². The largest absolute Gasteiger partial charge is 0.378 e. The van der Waals surface area contributed by atoms with Crippen molar-refractivity contribution in [1.29, 1.82) is 0 Å². The summed E-state index contributed by atoms with van der Waals surface area (Å²) < 4.78 is 48.0. The van der Waals surface area contributed by atoms with Crippen molar-refractivity contribution in [1.82, 2.24) is 34.5 Å². The van der Waals surface area contributed by atoms with Gasteiger partial charge in [0.05, 0.1) is 46.9 Å². The standard InChI is InChI=1S/C46H52ClF3N10O/c1-26-4-8-32(27(2)53-26)42-33-9-5-30(20-40(33)60(56-42)31-6-7-31)29-13-16-58(17-14-29)24-28-11-18-59(19-12-28)45-51-23-36(47)43(55-45)54-38-21-35-39(22-37(38)48)57(3)44(61)34-10-15-46(49,50)25-52-41(34)35/h5,9,20-23,28-29,31-32,52-53H,1-2,4,6-8,10-19,24-25H2,3H3,(H,51,54,55). The Bertz CT molecular complexity index is 2620. The fourth-order valence-electron chi connectivity index (χ4n) is 10.1. The summed E-state index contributed by atoms with van der Waals surface area (Å²) in [5, 5.41) is 16.3. The minimum absolute atomic E-state index is 0.0611. The number of anilines is 4. The van der Waals surface area contributed by atoms with Crippen molar-refractivity contribution < 1.29 is 13.2 Å². The van der Waals surface area contributed by atoms with Gasteiger partial charge >= 0.3 is 0 Å². The zero-order valence-electron chi connectivity index (χ0n) is 34.6. The van der Waals surface area contributed by atoms with E-state index < -0.39 is 30.3 Å². The molecule has 7 heterocycles. The second-order valence-corrected chi connectivity index (χ2v) is 18.4. The summed E-state index contributed by atoms with van der Waals surface area (Å²) in [5.74, 6) is -1.57. The summed E-state index contributed by atoms with van der Waals surface area (Å²) in [7, 11) is 1.52. The fourth-order valence-corrected chi connectivity index (χ4v) is 10.2. The summed E-state index contributed by atoms with van der Waals surface area (Å²) in [6, 6.07) is 10.3. The van der Waals surface area contributed by atoms with Gasteiger partial charge in [-0.3, -0.25) is 9.48 Å². The Labute approximate surface area is 358 Å². The lowest BCUT2D eigenvalue weighted by Gasteiger charge is -2.38. The van der Waals surface area contributed by atoms with E-state index in [1.807, 2.05) is 0 Å². The molecular formula is C46H52ClF3N10O. The molecule has 61 heavy (non-hydrogen) atoms. The molecule has 10 rings (SSSR count). The van der Waals surface area contributed by atoms with Crippen LogP contribution in [0.5, 0.6) is 0 Å². The fraction of sp³-hybridized carbons (Fsp3) is 0.478. The number of nitrogens with one attached hydrogen (secondary N) is 3. The third-order valence-corrected chi connectivity index (χ3v) is 14.1. The smallest absolute Gasteiger partial charge is 0.265 e. The molecule has 5 aliphatic rings. The van der Waals surface area contributed by atoms with Crippen molar-refractivity contribution >= 4 is 56.5 Å². The maximum absolute atomic E-state index is 15.6. The van der Waals surface area contributed by atoms with Crippen LogP contribution in [-0.2, 0) is 13.5 Å². The topological polar surface area (TPSA) is 108 Å². The average molecular weight is 853 g/mol. The number of nitrogens with zero attached hydrogens (tertiary/aromatic N) is 7. The zero-order valence-corrected chi connectivity index (χ0v) is 35.3. The van der Waals surface area contributed by atoms with Gasteiger partial charge in [0.2, 0.25) is 5.95 Å². The molecule has 0 radical (unpaired) electrons. The van der Waals surface area contributed by atoms with Crippen LogP contribution in [0.15, 0.2) is 65.9 Å². The third-order valence-electron chi connectivity index (χ3n) is 13.8. The number of aryl methyl sites for hydroxylation is 1. The summed E-state index contributed by atoms with van der Waals surface area (Å²) in [4.78, 5) is 27.1. The van der Waals surface area contributed by atoms with Crippen molar-refractivity contribution in [2.45, 2.75) is 88.0 Å². The molecule has 1 saturated carbocycles. The summed E-state index contributed by atoms with van der Waals surface area (Å²) in [6.07, 6.45) is 9.58. The molecular weight excluding hydrogens is 801 g/mol. The number of aromatic nitrogens is 5. The minimum atomic E-state index is -2.97. The number of hydrogen-bond donors (Lipinski definition) is 3. The van der Waals surface area contributed by atoms with E-state index in [1.54, 1.807) is 0 Å². The van der Waals surface area contributed by atoms with Crippen LogP contribution in [0.25, 0.3) is 21.8 Å². The van der Waals surface area contributed by atoms with Crippen molar-refractivity contribution in [3.63, 3.8) is 0 Å². The van der Waals surface area contributed by atoms with Crippen LogP contribution in [0.3, 0.4) is 0 Å². The van der Waals surface area contributed by atoms with Crippen LogP contribution in [0.4, 0.5) is 36.3 Å². The van der Waals surface area contributed by atoms with Gasteiger partial charge in [0.15, 0.2) is 5.82 Å². The van der Waals surface area contributed by atoms with E-state index in [0.717, 1.165) is 88.3 Å². The Kier molecular flexibility index (Phi) is 10.3. The highest BCUT2D eigenvalue weighted by atomic mass is 35.5. The van der Waals surface area contributed by atoms with Gasteiger partial charge in [-0.1, -0.05) is 36.9 Å². The molecule has 15 heteroatoms. The van der Waals surface area contributed by atoms with Crippen LogP contribution in [0.1, 0.15) is 92.5 Å². The number of halogens is 4. The van der Waals surface area contributed by atoms with Crippen molar-refractivity contribution in [2.24, 2.45) is 13.0 Å². The Hall–Kier alpha value is -5.08. The molecule has 1 atom stereocenters. The van der Waals surface area contributed by atoms with E-state index in [9.17, 15) is 13.6 Å². The molecule has 1 aliphatic carbocycles. The molecule has 2 aromatic carbocycles. The number of hydrogen-bond acceptors (Lipinski definition) is 9. The third kappa shape index (κ3) is 7.75. The first-order valence-corrected chi connectivity index (χ1v) is 22.2. The first kappa shape index (κ1) is 40.0. The summed E-state index contributed by atoms with van der Waals surface area (Å²) in [5.41, 5.74) is 6.37. The Morgan fingerprint density at radius 3 is 2.51 bits per heavy atom. The molecule has 11 nitrogen and oxygen atoms in total. The van der Waals surface area contributed by atoms with Crippen molar-refractivity contribution in [3.8, 4) is 0 Å². The number of allylic oxidation sites excluding steroid dienone is 2. The minimum Gasteiger partial charge on any atom is -0.378 e. The van der Waals surface area contributed by atoms with Gasteiger partial charge < -0.3 is 30.3 Å². The van der Waals surface area contributed by atoms with Gasteiger partial charge in [0.1, 0.15) is 10.8 Å². The predicted molar refractivity (Wildman–Crippen MR) is 236 cm³/mol. The lowest BCUT2D eigenvalue weighted by Crippen LogP contribution is -2.41. The van der Waals surface area contributed by atoms with Gasteiger partial charge in [0, 0.05) is 72.8 Å². The van der Waals surface area contributed by atoms with Gasteiger partial charge in [0.25, 0.3) is 11.5 Å². The van der Waals surface area contributed by atoms with Crippen LogP contribution < -0.4 is 26.4 Å². The second-order valence-electron chi connectivity index (χ2n) is 18.0. The van der Waals surface area contributed by atoms with Gasteiger partial charge in [-0.2, -0.15) is 10.1 Å². The van der Waals surface area contributed by atoms with Crippen molar-refractivity contribution in [2.75, 3.05) is 54.8 Å². The molecule has 0 amide bonds. The van der Waals surface area contributed by atoms with E-state index in [4.69, 9.17) is 21.7 Å². The number of pyridine rings is 1. The number of rotatable bonds is 8. The van der Waals surface area contributed by atoms with E-state index in [1.165, 1.54) is 59.3 Å². The average Bonchev–Trinajstić information content (AvgIpc) is 4.05. The highest BCUT2D eigenvalue weighted by Gasteiger charge is 2.35. The van der Waals surface area contributed by atoms with Crippen LogP contribution >= 0.6 is 11.6 Å². The quantitative estimate of drug-likeness (QED) is 0.141. The van der Waals surface area contributed by atoms with Crippen LogP contribution in [0.2, 0.25) is 5.02 Å². The lowest BCUT2D eigenvalue weighted by atomic mass is 9.86. The van der Waals surface area contributed by atoms with E-state index in [2.05, 4.69) is 66.8 Å². The highest BCUT2D eigenvalue weighted by molar-refractivity contribution is 6.33. The molecule has 3 N–H and O–H groups in total. The number of likely N-dealkylation sites (tertiary alicyclic amines) is 1. The van der Waals surface area contributed by atoms with E-state index in [0.29, 0.717) is 40.4 Å². The van der Waals surface area contributed by atoms with Crippen LogP contribution in [-0.4, -0.2) is 74.4 Å². The highest BCUT2D eigenvalue weighted by Crippen LogP contribution is 2.43. The monoisotopic (exact) mass is 852 g/mol. The molecule has 0 bridgehead atoms. The van der Waals surface area contributed by atoms with Gasteiger partial charge in [-0.25, -0.2) is 18.2 Å². The van der Waals surface area contributed by atoms with E-state index in [-0.39, 0.29) is 34.4 Å². The second kappa shape index (κ2) is 15.7. The first-order chi connectivity index (χ1) is 29.4. The normalized spacial score (nSPS) is 21.7. The molecule has 4 fully saturated rings. The number of fused-ring (bicyclic) bond motifs is 4. The molecule has 320 valence electrons. The summed E-state index contributed by atoms with van der Waals surface area (Å²) >= 11 is 6.55. The zero-order chi connectivity index (χ0) is 42.2. The van der Waals surface area contributed by atoms with Crippen molar-refractivity contribution in [3.05, 3.63) is 99.1 Å².